The van der Waals surface area contributed by atoms with Crippen molar-refractivity contribution in [2.24, 2.45) is 0 Å². The van der Waals surface area contributed by atoms with Gasteiger partial charge in [-0.1, -0.05) is 35.4 Å². The number of nitrogens with one attached hydrogen (secondary N) is 1. The Hall–Kier alpha value is -2.88. The average Bonchev–Trinajstić information content (AvgIpc) is 2.57. The molecule has 25 heavy (non-hydrogen) atoms. The number of fused-ring (bicyclic) bond motifs is 1. The van der Waals surface area contributed by atoms with Gasteiger partial charge in [-0.15, -0.1) is 0 Å². The van der Waals surface area contributed by atoms with Crippen molar-refractivity contribution in [3.63, 3.8) is 0 Å². The van der Waals surface area contributed by atoms with Crippen molar-refractivity contribution in [1.82, 2.24) is 5.32 Å². The predicted octanol–water partition coefficient (Wildman–Crippen LogP) is 4.21. The zero-order valence-electron chi connectivity index (χ0n) is 14.8. The molecule has 128 valence electrons. The first-order valence-corrected chi connectivity index (χ1v) is 8.27. The van der Waals surface area contributed by atoms with E-state index in [-0.39, 0.29) is 17.2 Å². The largest absolute Gasteiger partial charge is 0.451 e. The molecule has 0 saturated heterocycles. The number of carbonyl (C=O) groups is 1. The minimum Gasteiger partial charge on any atom is -0.451 e. The SMILES string of the molecule is Cc1ccc(C)c(C(C)NC(=O)c2cc(=O)c3cc(C)ccc3o2)c1. The molecule has 3 rings (SSSR count). The van der Waals surface area contributed by atoms with Gasteiger partial charge < -0.3 is 9.73 Å². The second-order valence-electron chi connectivity index (χ2n) is 6.53. The van der Waals surface area contributed by atoms with E-state index in [9.17, 15) is 9.59 Å². The summed E-state index contributed by atoms with van der Waals surface area (Å²) in [6, 6.07) is 12.5. The summed E-state index contributed by atoms with van der Waals surface area (Å²) in [5.74, 6) is -0.369. The van der Waals surface area contributed by atoms with Gasteiger partial charge in [-0.3, -0.25) is 9.59 Å². The Bertz CT molecular complexity index is 1020. The van der Waals surface area contributed by atoms with Gasteiger partial charge in [0, 0.05) is 6.07 Å². The third-order valence-electron chi connectivity index (χ3n) is 4.36. The lowest BCUT2D eigenvalue weighted by Crippen LogP contribution is -2.28. The first kappa shape index (κ1) is 17.0. The highest BCUT2D eigenvalue weighted by atomic mass is 16.3. The van der Waals surface area contributed by atoms with Gasteiger partial charge in [0.05, 0.1) is 11.4 Å². The van der Waals surface area contributed by atoms with Gasteiger partial charge >= 0.3 is 0 Å². The van der Waals surface area contributed by atoms with E-state index in [0.717, 1.165) is 22.3 Å². The summed E-state index contributed by atoms with van der Waals surface area (Å²) in [6.07, 6.45) is 0. The van der Waals surface area contributed by atoms with Gasteiger partial charge in [0.15, 0.2) is 11.2 Å². The Balaban J connectivity index is 1.91. The molecule has 0 saturated carbocycles. The fourth-order valence-corrected chi connectivity index (χ4v) is 2.95. The Labute approximate surface area is 146 Å². The smallest absolute Gasteiger partial charge is 0.287 e. The molecule has 2 aromatic carbocycles. The number of carbonyl (C=O) groups excluding carboxylic acids is 1. The van der Waals surface area contributed by atoms with Crippen LogP contribution >= 0.6 is 0 Å². The summed E-state index contributed by atoms with van der Waals surface area (Å²) >= 11 is 0. The predicted molar refractivity (Wildman–Crippen MR) is 99.0 cm³/mol. The normalized spacial score (nSPS) is 12.2. The lowest BCUT2D eigenvalue weighted by Gasteiger charge is -2.17. The molecule has 1 N–H and O–H groups in total. The molecule has 0 spiro atoms. The Kier molecular flexibility index (Phi) is 4.45. The van der Waals surface area contributed by atoms with E-state index in [4.69, 9.17) is 4.42 Å². The maximum atomic E-state index is 12.5. The monoisotopic (exact) mass is 335 g/mol. The zero-order valence-corrected chi connectivity index (χ0v) is 14.8. The number of benzene rings is 2. The number of amides is 1. The molecule has 4 heteroatoms. The van der Waals surface area contributed by atoms with Crippen molar-refractivity contribution in [2.45, 2.75) is 33.7 Å². The van der Waals surface area contributed by atoms with Crippen LogP contribution in [0.2, 0.25) is 0 Å². The van der Waals surface area contributed by atoms with E-state index in [2.05, 4.69) is 11.4 Å². The maximum absolute atomic E-state index is 12.5. The third-order valence-corrected chi connectivity index (χ3v) is 4.36. The zero-order chi connectivity index (χ0) is 18.1. The standard InChI is InChI=1S/C21H21NO3/c1-12-5-7-14(3)16(9-12)15(4)22-21(24)20-11-18(23)17-10-13(2)6-8-19(17)25-20/h5-11,15H,1-4H3,(H,22,24). The van der Waals surface area contributed by atoms with Gasteiger partial charge in [0.2, 0.25) is 0 Å². The molecule has 1 amide bonds. The van der Waals surface area contributed by atoms with Crippen LogP contribution in [0.15, 0.2) is 51.7 Å². The van der Waals surface area contributed by atoms with Gasteiger partial charge in [0.25, 0.3) is 5.91 Å². The number of aryl methyl sites for hydroxylation is 3. The molecule has 1 heterocycles. The lowest BCUT2D eigenvalue weighted by molar-refractivity contribution is 0.0912. The number of rotatable bonds is 3. The molecule has 0 fully saturated rings. The minimum atomic E-state index is -0.395. The molecular formula is C21H21NO3. The van der Waals surface area contributed by atoms with Gasteiger partial charge in [0.1, 0.15) is 5.58 Å². The number of hydrogen-bond acceptors (Lipinski definition) is 3. The van der Waals surface area contributed by atoms with Crippen LogP contribution in [-0.2, 0) is 0 Å². The summed E-state index contributed by atoms with van der Waals surface area (Å²) in [6.45, 7) is 7.85. The summed E-state index contributed by atoms with van der Waals surface area (Å²) in [5.41, 5.74) is 4.47. The van der Waals surface area contributed by atoms with Crippen LogP contribution in [0.1, 0.15) is 45.8 Å². The molecule has 0 aliphatic carbocycles. The summed E-state index contributed by atoms with van der Waals surface area (Å²) in [7, 11) is 0. The first-order chi connectivity index (χ1) is 11.8. The van der Waals surface area contributed by atoms with Crippen LogP contribution in [0.4, 0.5) is 0 Å². The Morgan fingerprint density at radius 3 is 2.44 bits per heavy atom. The van der Waals surface area contributed by atoms with Gasteiger partial charge in [-0.05, 0) is 51.0 Å². The van der Waals surface area contributed by atoms with Crippen molar-refractivity contribution in [1.29, 1.82) is 0 Å². The summed E-state index contributed by atoms with van der Waals surface area (Å²) < 4.78 is 5.64. The van der Waals surface area contributed by atoms with Crippen LogP contribution in [-0.4, -0.2) is 5.91 Å². The molecule has 0 aliphatic heterocycles. The van der Waals surface area contributed by atoms with Gasteiger partial charge in [-0.25, -0.2) is 0 Å². The number of hydrogen-bond donors (Lipinski definition) is 1. The lowest BCUT2D eigenvalue weighted by atomic mass is 10.00. The van der Waals surface area contributed by atoms with Crippen LogP contribution < -0.4 is 10.7 Å². The second-order valence-corrected chi connectivity index (χ2v) is 6.53. The van der Waals surface area contributed by atoms with Crippen LogP contribution in [0.5, 0.6) is 0 Å². The van der Waals surface area contributed by atoms with E-state index < -0.39 is 5.91 Å². The molecule has 4 nitrogen and oxygen atoms in total. The van der Waals surface area contributed by atoms with Crippen molar-refractivity contribution in [3.8, 4) is 0 Å². The van der Waals surface area contributed by atoms with Crippen LogP contribution in [0.25, 0.3) is 11.0 Å². The van der Waals surface area contributed by atoms with E-state index in [1.165, 1.54) is 6.07 Å². The molecule has 0 radical (unpaired) electrons. The average molecular weight is 335 g/mol. The molecule has 1 atom stereocenters. The van der Waals surface area contributed by atoms with Crippen molar-refractivity contribution >= 4 is 16.9 Å². The van der Waals surface area contributed by atoms with Crippen LogP contribution in [0.3, 0.4) is 0 Å². The van der Waals surface area contributed by atoms with Gasteiger partial charge in [-0.2, -0.15) is 0 Å². The van der Waals surface area contributed by atoms with E-state index in [0.29, 0.717) is 11.0 Å². The molecule has 0 bridgehead atoms. The van der Waals surface area contributed by atoms with E-state index in [1.807, 2.05) is 45.9 Å². The minimum absolute atomic E-state index is 0.0264. The van der Waals surface area contributed by atoms with E-state index >= 15 is 0 Å². The third kappa shape index (κ3) is 3.48. The first-order valence-electron chi connectivity index (χ1n) is 8.27. The molecule has 1 unspecified atom stereocenters. The van der Waals surface area contributed by atoms with E-state index in [1.54, 1.807) is 12.1 Å². The topological polar surface area (TPSA) is 59.3 Å². The van der Waals surface area contributed by atoms with Crippen molar-refractivity contribution in [2.75, 3.05) is 0 Å². The highest BCUT2D eigenvalue weighted by Gasteiger charge is 2.17. The molecule has 1 aromatic heterocycles. The summed E-state index contributed by atoms with van der Waals surface area (Å²) in [5, 5.41) is 3.40. The molecule has 3 aromatic rings. The second kappa shape index (κ2) is 6.55. The maximum Gasteiger partial charge on any atom is 0.287 e. The Morgan fingerprint density at radius 2 is 1.68 bits per heavy atom. The van der Waals surface area contributed by atoms with Crippen molar-refractivity contribution < 1.29 is 9.21 Å². The summed E-state index contributed by atoms with van der Waals surface area (Å²) in [4.78, 5) is 24.8. The quantitative estimate of drug-likeness (QED) is 0.780. The fraction of sp³-hybridized carbons (Fsp3) is 0.238. The van der Waals surface area contributed by atoms with Crippen LogP contribution in [0, 0.1) is 20.8 Å². The molecular weight excluding hydrogens is 314 g/mol. The highest BCUT2D eigenvalue weighted by molar-refractivity contribution is 5.93. The fourth-order valence-electron chi connectivity index (χ4n) is 2.95. The molecule has 0 aliphatic rings. The van der Waals surface area contributed by atoms with Crippen molar-refractivity contribution in [3.05, 3.63) is 80.7 Å². The Morgan fingerprint density at radius 1 is 1.00 bits per heavy atom. The highest BCUT2D eigenvalue weighted by Crippen LogP contribution is 2.20.